The number of benzene rings is 1. The maximum absolute atomic E-state index is 12.6. The number of amides is 1. The van der Waals surface area contributed by atoms with Gasteiger partial charge in [-0.15, -0.1) is 0 Å². The highest BCUT2D eigenvalue weighted by molar-refractivity contribution is 5.95. The van der Waals surface area contributed by atoms with Crippen LogP contribution in [0.1, 0.15) is 53.7 Å². The summed E-state index contributed by atoms with van der Waals surface area (Å²) in [6.45, 7) is 7.93. The minimum atomic E-state index is -0.938. The molecule has 0 fully saturated rings. The van der Waals surface area contributed by atoms with Crippen LogP contribution in [0.25, 0.3) is 0 Å². The number of nitrogens with one attached hydrogen (secondary N) is 1. The predicted octanol–water partition coefficient (Wildman–Crippen LogP) is 3.90. The van der Waals surface area contributed by atoms with E-state index in [1.165, 1.54) is 0 Å². The van der Waals surface area contributed by atoms with Gasteiger partial charge >= 0.3 is 5.97 Å². The number of carbonyl (C=O) groups is 2. The van der Waals surface area contributed by atoms with Crippen LogP contribution >= 0.6 is 0 Å². The summed E-state index contributed by atoms with van der Waals surface area (Å²) in [6, 6.07) is 7.33. The van der Waals surface area contributed by atoms with Crippen LogP contribution in [-0.4, -0.2) is 28.5 Å². The Balaban J connectivity index is 2.10. The summed E-state index contributed by atoms with van der Waals surface area (Å²) in [5, 5.41) is 12.3. The number of ether oxygens (including phenoxy) is 1. The largest absolute Gasteiger partial charge is 0.488 e. The fraction of sp³-hybridized carbons (Fsp3) is 0.409. The maximum atomic E-state index is 12.6. The zero-order valence-electron chi connectivity index (χ0n) is 16.9. The van der Waals surface area contributed by atoms with Crippen molar-refractivity contribution in [3.8, 4) is 5.75 Å². The molecule has 28 heavy (non-hydrogen) atoms. The van der Waals surface area contributed by atoms with Crippen molar-refractivity contribution >= 4 is 11.9 Å². The quantitative estimate of drug-likeness (QED) is 0.684. The Morgan fingerprint density at radius 2 is 1.82 bits per heavy atom. The number of carbonyl (C=O) groups excluding carboxylic acids is 1. The number of rotatable bonds is 9. The van der Waals surface area contributed by atoms with Crippen molar-refractivity contribution in [2.75, 3.05) is 6.54 Å². The Hall–Kier alpha value is -2.89. The summed E-state index contributed by atoms with van der Waals surface area (Å²) in [6.07, 6.45) is 4.38. The molecule has 150 valence electrons. The van der Waals surface area contributed by atoms with E-state index >= 15 is 0 Å². The van der Waals surface area contributed by atoms with E-state index < -0.39 is 11.4 Å². The lowest BCUT2D eigenvalue weighted by molar-refractivity contribution is -0.149. The van der Waals surface area contributed by atoms with Gasteiger partial charge in [-0.2, -0.15) is 0 Å². The van der Waals surface area contributed by atoms with Crippen LogP contribution in [-0.2, 0) is 11.4 Å². The van der Waals surface area contributed by atoms with Crippen molar-refractivity contribution < 1.29 is 19.4 Å². The van der Waals surface area contributed by atoms with Crippen LogP contribution in [0, 0.1) is 19.3 Å². The van der Waals surface area contributed by atoms with Gasteiger partial charge in [-0.3, -0.25) is 14.6 Å². The molecule has 0 aliphatic carbocycles. The van der Waals surface area contributed by atoms with Gasteiger partial charge in [0.25, 0.3) is 5.91 Å². The Bertz CT molecular complexity index is 807. The van der Waals surface area contributed by atoms with Gasteiger partial charge in [-0.1, -0.05) is 19.9 Å². The predicted molar refractivity (Wildman–Crippen MR) is 107 cm³/mol. The van der Waals surface area contributed by atoms with Gasteiger partial charge in [0, 0.05) is 30.1 Å². The number of pyridine rings is 1. The van der Waals surface area contributed by atoms with Crippen LogP contribution in [0.15, 0.2) is 36.7 Å². The van der Waals surface area contributed by atoms with Crippen LogP contribution in [0.3, 0.4) is 0 Å². The van der Waals surface area contributed by atoms with Crippen molar-refractivity contribution in [2.24, 2.45) is 5.41 Å². The number of aliphatic carboxylic acids is 1. The third kappa shape index (κ3) is 4.88. The molecule has 1 heterocycles. The van der Waals surface area contributed by atoms with E-state index in [1.54, 1.807) is 24.5 Å². The molecular weight excluding hydrogens is 356 g/mol. The SMILES string of the molecule is CCC(CC)(CNC(=O)c1cc(C)c(OCc2cccnc2)c(C)c1)C(=O)O. The van der Waals surface area contributed by atoms with E-state index in [-0.39, 0.29) is 12.5 Å². The van der Waals surface area contributed by atoms with Gasteiger partial charge in [-0.05, 0) is 56.0 Å². The summed E-state index contributed by atoms with van der Waals surface area (Å²) in [7, 11) is 0. The van der Waals surface area contributed by atoms with Crippen molar-refractivity contribution in [2.45, 2.75) is 47.1 Å². The molecule has 0 radical (unpaired) electrons. The Labute approximate surface area is 166 Å². The number of carboxylic acids is 1. The van der Waals surface area contributed by atoms with Crippen molar-refractivity contribution in [1.29, 1.82) is 0 Å². The second kappa shape index (κ2) is 9.35. The summed E-state index contributed by atoms with van der Waals surface area (Å²) >= 11 is 0. The molecule has 1 aromatic carbocycles. The first kappa shape index (κ1) is 21.4. The monoisotopic (exact) mass is 384 g/mol. The normalized spacial score (nSPS) is 11.1. The van der Waals surface area contributed by atoms with Gasteiger partial charge in [0.1, 0.15) is 12.4 Å². The molecule has 2 rings (SSSR count). The molecule has 1 amide bonds. The summed E-state index contributed by atoms with van der Waals surface area (Å²) in [5.41, 5.74) is 2.23. The summed E-state index contributed by atoms with van der Waals surface area (Å²) < 4.78 is 5.92. The lowest BCUT2D eigenvalue weighted by atomic mass is 9.82. The number of aryl methyl sites for hydroxylation is 2. The highest BCUT2D eigenvalue weighted by Crippen LogP contribution is 2.27. The number of aromatic nitrogens is 1. The highest BCUT2D eigenvalue weighted by atomic mass is 16.5. The van der Waals surface area contributed by atoms with E-state index in [2.05, 4.69) is 10.3 Å². The van der Waals surface area contributed by atoms with Crippen LogP contribution in [0.5, 0.6) is 5.75 Å². The molecule has 6 heteroatoms. The van der Waals surface area contributed by atoms with Crippen molar-refractivity contribution in [3.05, 3.63) is 58.9 Å². The first-order valence-corrected chi connectivity index (χ1v) is 9.47. The molecule has 0 spiro atoms. The van der Waals surface area contributed by atoms with Crippen LogP contribution < -0.4 is 10.1 Å². The van der Waals surface area contributed by atoms with Crippen molar-refractivity contribution in [3.63, 3.8) is 0 Å². The minimum Gasteiger partial charge on any atom is -0.488 e. The lowest BCUT2D eigenvalue weighted by Crippen LogP contribution is -2.42. The van der Waals surface area contributed by atoms with Gasteiger partial charge < -0.3 is 15.2 Å². The van der Waals surface area contributed by atoms with Crippen LogP contribution in [0.4, 0.5) is 0 Å². The standard InChI is InChI=1S/C22H28N2O4/c1-5-22(6-2,21(26)27)14-24-20(25)18-10-15(3)19(16(4)11-18)28-13-17-8-7-9-23-12-17/h7-12H,5-6,13-14H2,1-4H3,(H,24,25)(H,26,27). The first-order valence-electron chi connectivity index (χ1n) is 9.47. The molecule has 6 nitrogen and oxygen atoms in total. The molecule has 0 saturated heterocycles. The molecular formula is C22H28N2O4. The molecule has 0 aliphatic rings. The third-order valence-corrected chi connectivity index (χ3v) is 5.22. The van der Waals surface area contributed by atoms with E-state index in [4.69, 9.17) is 4.74 Å². The van der Waals surface area contributed by atoms with Crippen molar-refractivity contribution in [1.82, 2.24) is 10.3 Å². The molecule has 0 saturated carbocycles. The Morgan fingerprint density at radius 1 is 1.18 bits per heavy atom. The Morgan fingerprint density at radius 3 is 2.32 bits per heavy atom. The lowest BCUT2D eigenvalue weighted by Gasteiger charge is -2.27. The highest BCUT2D eigenvalue weighted by Gasteiger charge is 2.35. The zero-order valence-corrected chi connectivity index (χ0v) is 16.9. The number of hydrogen-bond donors (Lipinski definition) is 2. The second-order valence-corrected chi connectivity index (χ2v) is 7.06. The summed E-state index contributed by atoms with van der Waals surface area (Å²) in [5.74, 6) is -0.427. The third-order valence-electron chi connectivity index (χ3n) is 5.22. The molecule has 0 aliphatic heterocycles. The fourth-order valence-electron chi connectivity index (χ4n) is 3.18. The topological polar surface area (TPSA) is 88.5 Å². The molecule has 2 aromatic rings. The zero-order chi connectivity index (χ0) is 20.7. The smallest absolute Gasteiger partial charge is 0.311 e. The van der Waals surface area contributed by atoms with E-state index in [0.29, 0.717) is 25.0 Å². The molecule has 0 unspecified atom stereocenters. The maximum Gasteiger partial charge on any atom is 0.311 e. The number of nitrogens with zero attached hydrogens (tertiary/aromatic N) is 1. The minimum absolute atomic E-state index is 0.103. The van der Waals surface area contributed by atoms with E-state index in [9.17, 15) is 14.7 Å². The van der Waals surface area contributed by atoms with Gasteiger partial charge in [-0.25, -0.2) is 0 Å². The van der Waals surface area contributed by atoms with E-state index in [1.807, 2.05) is 39.8 Å². The average molecular weight is 384 g/mol. The summed E-state index contributed by atoms with van der Waals surface area (Å²) in [4.78, 5) is 28.3. The van der Waals surface area contributed by atoms with Gasteiger partial charge in [0.2, 0.25) is 0 Å². The van der Waals surface area contributed by atoms with Crippen LogP contribution in [0.2, 0.25) is 0 Å². The average Bonchev–Trinajstić information content (AvgIpc) is 2.68. The Kier molecular flexibility index (Phi) is 7.15. The molecule has 1 aromatic heterocycles. The van der Waals surface area contributed by atoms with E-state index in [0.717, 1.165) is 22.4 Å². The van der Waals surface area contributed by atoms with Gasteiger partial charge in [0.15, 0.2) is 0 Å². The second-order valence-electron chi connectivity index (χ2n) is 7.06. The fourth-order valence-corrected chi connectivity index (χ4v) is 3.18. The van der Waals surface area contributed by atoms with Gasteiger partial charge in [0.05, 0.1) is 5.41 Å². The number of carboxylic acid groups (broad SMARTS) is 1. The molecule has 0 bridgehead atoms. The number of hydrogen-bond acceptors (Lipinski definition) is 4. The first-order chi connectivity index (χ1) is 13.3. The molecule has 2 N–H and O–H groups in total. The molecule has 0 atom stereocenters.